The number of allylic oxidation sites excluding steroid dienone is 2. The predicted octanol–water partition coefficient (Wildman–Crippen LogP) is 3.86. The highest BCUT2D eigenvalue weighted by Crippen LogP contribution is 2.65. The summed E-state index contributed by atoms with van der Waals surface area (Å²) in [4.78, 5) is 55.0. The molecular formula is C29H25ClN2O6. The van der Waals surface area contributed by atoms with Crippen LogP contribution in [0.25, 0.3) is 0 Å². The van der Waals surface area contributed by atoms with E-state index in [4.69, 9.17) is 21.1 Å². The van der Waals surface area contributed by atoms with Crippen LogP contribution in [0.2, 0.25) is 5.02 Å². The van der Waals surface area contributed by atoms with Crippen LogP contribution in [0.15, 0.2) is 54.6 Å². The maximum absolute atomic E-state index is 13.3. The molecule has 8 nitrogen and oxygen atoms in total. The number of hydrogen-bond acceptors (Lipinski definition) is 6. The predicted molar refractivity (Wildman–Crippen MR) is 138 cm³/mol. The molecule has 2 saturated heterocycles. The molecule has 2 aromatic rings. The number of rotatable bonds is 5. The topological polar surface area (TPSA) is 93.2 Å². The normalized spacial score (nSPS) is 32.5. The second kappa shape index (κ2) is 8.43. The second-order valence-corrected chi connectivity index (χ2v) is 11.2. The standard InChI is InChI=1S/C29H25ClN2O6/c1-37-23-9-2-15(30)11-22(23)31-13-14(10-24(31)33)29(36)38-17-5-3-16(4-6-17)32-27(34)25-18-7-8-19(21-12-20(18)21)26(25)28(32)35/h2-9,11,14,18-21,25-26H,10,12-13H2,1H3/t14-,18+,19+,20+,21+,25-,26-/m1/s1. The van der Waals surface area contributed by atoms with E-state index in [0.717, 1.165) is 6.42 Å². The highest BCUT2D eigenvalue weighted by atomic mass is 35.5. The van der Waals surface area contributed by atoms with Crippen LogP contribution in [0.1, 0.15) is 12.8 Å². The number of amides is 3. The Morgan fingerprint density at radius 1 is 0.947 bits per heavy atom. The zero-order chi connectivity index (χ0) is 26.3. The number of nitrogens with zero attached hydrogens (tertiary/aromatic N) is 2. The lowest BCUT2D eigenvalue weighted by Gasteiger charge is -2.37. The van der Waals surface area contributed by atoms with E-state index < -0.39 is 11.9 Å². The summed E-state index contributed by atoms with van der Waals surface area (Å²) in [6.45, 7) is 0.143. The molecule has 7 atom stereocenters. The minimum absolute atomic E-state index is 0.00446. The molecule has 2 aromatic carbocycles. The average Bonchev–Trinajstić information content (AvgIpc) is 3.59. The Morgan fingerprint density at radius 3 is 2.24 bits per heavy atom. The summed E-state index contributed by atoms with van der Waals surface area (Å²) in [6, 6.07) is 11.4. The maximum Gasteiger partial charge on any atom is 0.316 e. The van der Waals surface area contributed by atoms with Crippen molar-refractivity contribution in [1.82, 2.24) is 0 Å². The minimum atomic E-state index is -0.662. The van der Waals surface area contributed by atoms with E-state index in [0.29, 0.717) is 34.0 Å². The first-order valence-corrected chi connectivity index (χ1v) is 13.3. The Labute approximate surface area is 224 Å². The van der Waals surface area contributed by atoms with E-state index >= 15 is 0 Å². The third kappa shape index (κ3) is 3.42. The Balaban J connectivity index is 1.04. The van der Waals surface area contributed by atoms with Crippen molar-refractivity contribution in [1.29, 1.82) is 0 Å². The lowest BCUT2D eigenvalue weighted by atomic mass is 9.63. The fraction of sp³-hybridized carbons (Fsp3) is 0.379. The van der Waals surface area contributed by atoms with E-state index in [1.165, 1.54) is 16.9 Å². The van der Waals surface area contributed by atoms with Crippen LogP contribution in [0.3, 0.4) is 0 Å². The number of hydrogen-bond donors (Lipinski definition) is 0. The van der Waals surface area contributed by atoms with Gasteiger partial charge in [0.05, 0.1) is 36.2 Å². The zero-order valence-corrected chi connectivity index (χ0v) is 21.3. The van der Waals surface area contributed by atoms with Crippen molar-refractivity contribution in [2.45, 2.75) is 12.8 Å². The molecule has 2 heterocycles. The zero-order valence-electron chi connectivity index (χ0n) is 20.6. The van der Waals surface area contributed by atoms with Crippen LogP contribution in [-0.2, 0) is 19.2 Å². The molecule has 9 heteroatoms. The van der Waals surface area contributed by atoms with Gasteiger partial charge >= 0.3 is 5.97 Å². The Morgan fingerprint density at radius 2 is 1.61 bits per heavy atom. The number of ether oxygens (including phenoxy) is 2. The summed E-state index contributed by atoms with van der Waals surface area (Å²) >= 11 is 6.11. The number of carbonyl (C=O) groups excluding carboxylic acids is 4. The van der Waals surface area contributed by atoms with Crippen molar-refractivity contribution in [3.05, 3.63) is 59.6 Å². The lowest BCUT2D eigenvalue weighted by molar-refractivity contribution is -0.139. The average molecular weight is 533 g/mol. The smallest absolute Gasteiger partial charge is 0.316 e. The van der Waals surface area contributed by atoms with Crippen LogP contribution >= 0.6 is 11.6 Å². The van der Waals surface area contributed by atoms with Gasteiger partial charge in [0.15, 0.2) is 0 Å². The van der Waals surface area contributed by atoms with Crippen LogP contribution in [0, 0.1) is 41.4 Å². The monoisotopic (exact) mass is 532 g/mol. The molecule has 3 amide bonds. The number of halogens is 1. The summed E-state index contributed by atoms with van der Waals surface area (Å²) in [6.07, 6.45) is 5.42. The molecule has 2 aliphatic heterocycles. The molecule has 0 spiro atoms. The van der Waals surface area contributed by atoms with Crippen LogP contribution < -0.4 is 19.3 Å². The Kier molecular flexibility index (Phi) is 5.20. The largest absolute Gasteiger partial charge is 0.495 e. The molecule has 0 N–H and O–H groups in total. The molecule has 2 bridgehead atoms. The molecular weight excluding hydrogens is 508 g/mol. The van der Waals surface area contributed by atoms with Crippen molar-refractivity contribution in [2.75, 3.05) is 23.5 Å². The fourth-order valence-corrected chi connectivity index (χ4v) is 7.21. The van der Waals surface area contributed by atoms with Crippen molar-refractivity contribution in [2.24, 2.45) is 41.4 Å². The van der Waals surface area contributed by atoms with E-state index in [1.54, 1.807) is 42.5 Å². The van der Waals surface area contributed by atoms with Crippen molar-refractivity contribution >= 4 is 46.7 Å². The lowest BCUT2D eigenvalue weighted by Crippen LogP contribution is -2.40. The van der Waals surface area contributed by atoms with Crippen molar-refractivity contribution < 1.29 is 28.7 Å². The number of imide groups is 1. The quantitative estimate of drug-likeness (QED) is 0.251. The fourth-order valence-electron chi connectivity index (χ4n) is 7.05. The van der Waals surface area contributed by atoms with Gasteiger partial charge in [0.25, 0.3) is 0 Å². The first kappa shape index (κ1) is 23.5. The number of benzene rings is 2. The number of methoxy groups -OCH3 is 1. The highest BCUT2D eigenvalue weighted by molar-refractivity contribution is 6.31. The third-order valence-corrected chi connectivity index (χ3v) is 9.10. The first-order valence-electron chi connectivity index (χ1n) is 12.9. The SMILES string of the molecule is COc1ccc(Cl)cc1N1C[C@H](C(=O)Oc2ccc(N3C(=O)[C@@H]4[C@H]5C=C[C@@H]([C@@H]6C[C@@H]56)[C@H]4C3=O)cc2)CC1=O. The van der Waals surface area contributed by atoms with Gasteiger partial charge in [-0.05, 0) is 72.6 Å². The molecule has 2 saturated carbocycles. The molecule has 0 aromatic heterocycles. The summed E-state index contributed by atoms with van der Waals surface area (Å²) in [7, 11) is 1.50. The number of anilines is 2. The van der Waals surface area contributed by atoms with Gasteiger partial charge in [0.1, 0.15) is 11.5 Å². The molecule has 0 radical (unpaired) electrons. The van der Waals surface area contributed by atoms with Gasteiger partial charge in [-0.3, -0.25) is 24.1 Å². The van der Waals surface area contributed by atoms with Crippen LogP contribution in [-0.4, -0.2) is 37.3 Å². The molecule has 8 rings (SSSR count). The number of carbonyl (C=O) groups is 4. The third-order valence-electron chi connectivity index (χ3n) is 8.87. The van der Waals surface area contributed by atoms with Crippen molar-refractivity contribution in [3.8, 4) is 11.5 Å². The number of esters is 1. The molecule has 0 unspecified atom stereocenters. The molecule has 4 aliphatic carbocycles. The highest BCUT2D eigenvalue weighted by Gasteiger charge is 2.67. The van der Waals surface area contributed by atoms with E-state index in [-0.39, 0.29) is 60.1 Å². The van der Waals surface area contributed by atoms with Crippen molar-refractivity contribution in [3.63, 3.8) is 0 Å². The summed E-state index contributed by atoms with van der Waals surface area (Å²) in [5.41, 5.74) is 0.989. The molecule has 38 heavy (non-hydrogen) atoms. The Hall–Kier alpha value is -3.65. The molecule has 6 aliphatic rings. The second-order valence-electron chi connectivity index (χ2n) is 10.8. The van der Waals surface area contributed by atoms with Gasteiger partial charge in [-0.15, -0.1) is 0 Å². The molecule has 4 fully saturated rings. The summed E-state index contributed by atoms with van der Waals surface area (Å²) in [5.74, 6) is -0.0213. The Bertz CT molecular complexity index is 1380. The van der Waals surface area contributed by atoms with Crippen LogP contribution in [0.4, 0.5) is 11.4 Å². The van der Waals surface area contributed by atoms with E-state index in [1.807, 2.05) is 0 Å². The van der Waals surface area contributed by atoms with Gasteiger partial charge in [0.2, 0.25) is 17.7 Å². The first-order chi connectivity index (χ1) is 18.4. The molecule has 194 valence electrons. The van der Waals surface area contributed by atoms with Gasteiger partial charge < -0.3 is 14.4 Å². The summed E-state index contributed by atoms with van der Waals surface area (Å²) < 4.78 is 10.9. The van der Waals surface area contributed by atoms with Gasteiger partial charge in [-0.25, -0.2) is 0 Å². The van der Waals surface area contributed by atoms with Crippen LogP contribution in [0.5, 0.6) is 11.5 Å². The van der Waals surface area contributed by atoms with E-state index in [2.05, 4.69) is 12.2 Å². The summed E-state index contributed by atoms with van der Waals surface area (Å²) in [5, 5.41) is 0.453. The van der Waals surface area contributed by atoms with E-state index in [9.17, 15) is 19.2 Å². The maximum atomic E-state index is 13.3. The minimum Gasteiger partial charge on any atom is -0.495 e. The van der Waals surface area contributed by atoms with Gasteiger partial charge in [-0.1, -0.05) is 23.8 Å². The van der Waals surface area contributed by atoms with Gasteiger partial charge in [-0.2, -0.15) is 0 Å². The van der Waals surface area contributed by atoms with Gasteiger partial charge in [0, 0.05) is 18.0 Å².